The monoisotopic (exact) mass is 343 g/mol. The van der Waals surface area contributed by atoms with Gasteiger partial charge in [0, 0.05) is 25.4 Å². The van der Waals surface area contributed by atoms with Crippen LogP contribution in [0.2, 0.25) is 0 Å². The van der Waals surface area contributed by atoms with Crippen LogP contribution in [0.25, 0.3) is 6.08 Å². The number of nitrogens with one attached hydrogen (secondary N) is 1. The minimum absolute atomic E-state index is 0.0727. The lowest BCUT2D eigenvalue weighted by Gasteiger charge is -2.09. The van der Waals surface area contributed by atoms with Gasteiger partial charge in [0.05, 0.1) is 17.1 Å². The molecular weight excluding hydrogens is 326 g/mol. The minimum Gasteiger partial charge on any atom is -0.474 e. The molecule has 0 radical (unpaired) electrons. The van der Waals surface area contributed by atoms with Crippen molar-refractivity contribution in [3.8, 4) is 5.88 Å². The lowest BCUT2D eigenvalue weighted by molar-refractivity contribution is -0.385. The van der Waals surface area contributed by atoms with Gasteiger partial charge < -0.3 is 14.8 Å². The number of carbonyl (C=O) groups is 1. The van der Waals surface area contributed by atoms with E-state index < -0.39 is 10.8 Å². The van der Waals surface area contributed by atoms with Gasteiger partial charge in [-0.05, 0) is 24.3 Å². The van der Waals surface area contributed by atoms with Crippen molar-refractivity contribution in [3.05, 3.63) is 64.3 Å². The van der Waals surface area contributed by atoms with Gasteiger partial charge in [-0.3, -0.25) is 14.9 Å². The molecule has 1 heterocycles. The van der Waals surface area contributed by atoms with Crippen LogP contribution in [0.4, 0.5) is 11.4 Å². The number of aromatic nitrogens is 1. The Balaban J connectivity index is 2.07. The first-order valence-electron chi connectivity index (χ1n) is 7.41. The molecule has 0 fully saturated rings. The normalized spacial score (nSPS) is 10.6. The van der Waals surface area contributed by atoms with Gasteiger partial charge in [0.25, 0.3) is 5.69 Å². The number of para-hydroxylation sites is 1. The maximum Gasteiger partial charge on any atom is 0.276 e. The predicted octanol–water partition coefficient (Wildman–Crippen LogP) is 2.67. The lowest BCUT2D eigenvalue weighted by Crippen LogP contribution is -2.12. The van der Waals surface area contributed by atoms with Crippen LogP contribution in [0, 0.1) is 10.1 Å². The van der Waals surface area contributed by atoms with Crippen molar-refractivity contribution in [3.63, 3.8) is 0 Å². The van der Waals surface area contributed by atoms with Gasteiger partial charge in [-0.2, -0.15) is 0 Å². The summed E-state index contributed by atoms with van der Waals surface area (Å²) in [6.07, 6.45) is 4.14. The molecule has 1 aromatic carbocycles. The fourth-order valence-electron chi connectivity index (χ4n) is 1.96. The number of methoxy groups -OCH3 is 1. The van der Waals surface area contributed by atoms with E-state index in [1.807, 2.05) is 0 Å². The average Bonchev–Trinajstić information content (AvgIpc) is 2.62. The van der Waals surface area contributed by atoms with E-state index in [0.29, 0.717) is 24.5 Å². The van der Waals surface area contributed by atoms with Crippen molar-refractivity contribution >= 4 is 23.4 Å². The second-order valence-corrected chi connectivity index (χ2v) is 4.84. The molecule has 25 heavy (non-hydrogen) atoms. The summed E-state index contributed by atoms with van der Waals surface area (Å²) in [6.45, 7) is 0.684. The predicted molar refractivity (Wildman–Crippen MR) is 92.4 cm³/mol. The van der Waals surface area contributed by atoms with Gasteiger partial charge in [0.2, 0.25) is 11.8 Å². The Labute approximate surface area is 144 Å². The van der Waals surface area contributed by atoms with Crippen LogP contribution < -0.4 is 10.1 Å². The number of anilines is 1. The summed E-state index contributed by atoms with van der Waals surface area (Å²) in [4.78, 5) is 26.6. The third kappa shape index (κ3) is 5.40. The zero-order chi connectivity index (χ0) is 18.1. The number of hydrogen-bond acceptors (Lipinski definition) is 6. The number of ether oxygens (including phenoxy) is 2. The molecule has 0 saturated carbocycles. The smallest absolute Gasteiger partial charge is 0.276 e. The quantitative estimate of drug-likeness (QED) is 0.342. The minimum atomic E-state index is -0.500. The highest BCUT2D eigenvalue weighted by atomic mass is 16.6. The highest BCUT2D eigenvalue weighted by Crippen LogP contribution is 2.21. The summed E-state index contributed by atoms with van der Waals surface area (Å²) in [5.41, 5.74) is 0.665. The van der Waals surface area contributed by atoms with Gasteiger partial charge in [-0.15, -0.1) is 0 Å². The van der Waals surface area contributed by atoms with Crippen LogP contribution in [0.5, 0.6) is 5.88 Å². The first-order chi connectivity index (χ1) is 12.1. The SMILES string of the molecule is COCCOc1ncccc1NC(=O)/C=C\c1ccccc1[N+](=O)[O-]. The van der Waals surface area contributed by atoms with Crippen LogP contribution in [-0.2, 0) is 9.53 Å². The molecule has 1 aromatic heterocycles. The molecule has 0 saturated heterocycles. The Morgan fingerprint density at radius 3 is 2.84 bits per heavy atom. The van der Waals surface area contributed by atoms with E-state index >= 15 is 0 Å². The molecule has 0 bridgehead atoms. The number of nitrogens with zero attached hydrogens (tertiary/aromatic N) is 2. The molecular formula is C17H17N3O5. The Morgan fingerprint density at radius 1 is 1.28 bits per heavy atom. The number of hydrogen-bond donors (Lipinski definition) is 1. The standard InChI is InChI=1S/C17H17N3O5/c1-24-11-12-25-17-14(6-4-10-18-17)19-16(21)9-8-13-5-2-3-7-15(13)20(22)23/h2-10H,11-12H2,1H3,(H,19,21)/b9-8-. The van der Waals surface area contributed by atoms with Crippen molar-refractivity contribution in [1.82, 2.24) is 4.98 Å². The largest absolute Gasteiger partial charge is 0.474 e. The summed E-state index contributed by atoms with van der Waals surface area (Å²) < 4.78 is 10.3. The second kappa shape index (κ2) is 9.14. The molecule has 8 heteroatoms. The van der Waals surface area contributed by atoms with E-state index in [4.69, 9.17) is 9.47 Å². The maximum atomic E-state index is 12.1. The number of rotatable bonds is 8. The van der Waals surface area contributed by atoms with Crippen molar-refractivity contribution in [2.24, 2.45) is 0 Å². The van der Waals surface area contributed by atoms with Crippen molar-refractivity contribution < 1.29 is 19.2 Å². The van der Waals surface area contributed by atoms with Gasteiger partial charge in [0.1, 0.15) is 12.3 Å². The first kappa shape index (κ1) is 18.1. The number of amides is 1. The lowest BCUT2D eigenvalue weighted by atomic mass is 10.1. The summed E-state index contributed by atoms with van der Waals surface area (Å²) in [7, 11) is 1.55. The van der Waals surface area contributed by atoms with Crippen LogP contribution in [0.1, 0.15) is 5.56 Å². The van der Waals surface area contributed by atoms with Crippen LogP contribution in [0.3, 0.4) is 0 Å². The fourth-order valence-corrected chi connectivity index (χ4v) is 1.96. The molecule has 2 rings (SSSR count). The van der Waals surface area contributed by atoms with Gasteiger partial charge >= 0.3 is 0 Å². The van der Waals surface area contributed by atoms with Crippen LogP contribution in [-0.4, -0.2) is 36.1 Å². The molecule has 0 atom stereocenters. The Kier molecular flexibility index (Phi) is 6.61. The summed E-state index contributed by atoms with van der Waals surface area (Å²) in [5.74, 6) is -0.185. The topological polar surface area (TPSA) is 104 Å². The molecule has 0 aliphatic heterocycles. The van der Waals surface area contributed by atoms with Gasteiger partial charge in [0.15, 0.2) is 0 Å². The molecule has 1 N–H and O–H groups in total. The van der Waals surface area contributed by atoms with Crippen LogP contribution >= 0.6 is 0 Å². The average molecular weight is 343 g/mol. The third-order valence-electron chi connectivity index (χ3n) is 3.10. The van der Waals surface area contributed by atoms with E-state index in [2.05, 4.69) is 10.3 Å². The first-order valence-corrected chi connectivity index (χ1v) is 7.41. The van der Waals surface area contributed by atoms with Crippen LogP contribution in [0.15, 0.2) is 48.7 Å². The van der Waals surface area contributed by atoms with Gasteiger partial charge in [-0.1, -0.05) is 12.1 Å². The van der Waals surface area contributed by atoms with E-state index in [9.17, 15) is 14.9 Å². The zero-order valence-electron chi connectivity index (χ0n) is 13.5. The summed E-state index contributed by atoms with van der Waals surface area (Å²) >= 11 is 0. The molecule has 130 valence electrons. The molecule has 0 aliphatic carbocycles. The Bertz CT molecular complexity index is 776. The van der Waals surface area contributed by atoms with E-state index in [-0.39, 0.29) is 11.6 Å². The summed E-state index contributed by atoms with van der Waals surface area (Å²) in [5, 5.41) is 13.6. The number of nitro groups is 1. The number of benzene rings is 1. The molecule has 1 amide bonds. The van der Waals surface area contributed by atoms with E-state index in [1.165, 1.54) is 18.2 Å². The van der Waals surface area contributed by atoms with Crippen molar-refractivity contribution in [2.45, 2.75) is 0 Å². The number of carbonyl (C=O) groups excluding carboxylic acids is 1. The zero-order valence-corrected chi connectivity index (χ0v) is 13.5. The molecule has 0 spiro atoms. The highest BCUT2D eigenvalue weighted by molar-refractivity contribution is 6.02. The van der Waals surface area contributed by atoms with E-state index in [1.54, 1.807) is 43.6 Å². The van der Waals surface area contributed by atoms with E-state index in [0.717, 1.165) is 0 Å². The van der Waals surface area contributed by atoms with Gasteiger partial charge in [-0.25, -0.2) is 4.98 Å². The van der Waals surface area contributed by atoms with Crippen molar-refractivity contribution in [2.75, 3.05) is 25.6 Å². The molecule has 2 aromatic rings. The summed E-state index contributed by atoms with van der Waals surface area (Å²) in [6, 6.07) is 9.46. The Hall–Kier alpha value is -3.26. The third-order valence-corrected chi connectivity index (χ3v) is 3.10. The Morgan fingerprint density at radius 2 is 2.08 bits per heavy atom. The number of pyridine rings is 1. The second-order valence-electron chi connectivity index (χ2n) is 4.84. The number of nitro benzene ring substituents is 1. The fraction of sp³-hybridized carbons (Fsp3) is 0.176. The molecule has 8 nitrogen and oxygen atoms in total. The highest BCUT2D eigenvalue weighted by Gasteiger charge is 2.11. The maximum absolute atomic E-state index is 12.1. The molecule has 0 aliphatic rings. The van der Waals surface area contributed by atoms with Crippen molar-refractivity contribution in [1.29, 1.82) is 0 Å². The molecule has 0 unspecified atom stereocenters.